The number of fused-ring (bicyclic) bond motifs is 1. The van der Waals surface area contributed by atoms with E-state index in [-0.39, 0.29) is 5.49 Å². The number of nitrogens with zero attached hydrogens (tertiary/aromatic N) is 6. The van der Waals surface area contributed by atoms with Gasteiger partial charge in [0.1, 0.15) is 11.2 Å². The van der Waals surface area contributed by atoms with E-state index in [1.165, 1.54) is 10.7 Å². The number of nitrogens with two attached hydrogens (primary N) is 2. The molecular weight excluding hydrogens is 322 g/mol. The topological polar surface area (TPSA) is 155 Å². The van der Waals surface area contributed by atoms with Gasteiger partial charge in [0.15, 0.2) is 17.5 Å². The minimum atomic E-state index is -0.390. The van der Waals surface area contributed by atoms with Crippen molar-refractivity contribution >= 4 is 34.9 Å². The monoisotopic (exact) mass is 339 g/mol. The third-order valence-corrected chi connectivity index (χ3v) is 4.08. The van der Waals surface area contributed by atoms with E-state index in [0.717, 1.165) is 0 Å². The molecule has 10 heteroatoms. The first-order valence-electron chi connectivity index (χ1n) is 7.78. The summed E-state index contributed by atoms with van der Waals surface area (Å²) in [5.74, 6) is 1.30. The molecule has 6 N–H and O–H groups in total. The highest BCUT2D eigenvalue weighted by Crippen LogP contribution is 2.32. The van der Waals surface area contributed by atoms with E-state index in [1.807, 2.05) is 4.90 Å². The zero-order chi connectivity index (χ0) is 17.6. The van der Waals surface area contributed by atoms with Crippen LogP contribution in [0.2, 0.25) is 0 Å². The van der Waals surface area contributed by atoms with E-state index in [9.17, 15) is 5.11 Å². The second-order valence-corrected chi connectivity index (χ2v) is 5.93. The SMILES string of the molecule is N=c1ccn2c(n1)C(=Nc1nc(N3CCC(O)C3)c(N)cc1N)C=N2. The summed E-state index contributed by atoms with van der Waals surface area (Å²) in [6, 6.07) is 3.15. The number of aliphatic hydroxyl groups is 1. The summed E-state index contributed by atoms with van der Waals surface area (Å²) in [6.07, 6.45) is 3.46. The number of aliphatic imine (C=N–C) groups is 1. The molecule has 2 aromatic heterocycles. The smallest absolute Gasteiger partial charge is 0.183 e. The van der Waals surface area contributed by atoms with Crippen LogP contribution in [0.4, 0.5) is 23.0 Å². The molecule has 1 atom stereocenters. The molecule has 4 heterocycles. The second-order valence-electron chi connectivity index (χ2n) is 5.93. The molecule has 0 amide bonds. The molecule has 128 valence electrons. The number of hydrogen-bond donors (Lipinski definition) is 4. The summed E-state index contributed by atoms with van der Waals surface area (Å²) in [5.41, 5.74) is 13.4. The van der Waals surface area contributed by atoms with Crippen molar-refractivity contribution in [3.05, 3.63) is 29.6 Å². The average molecular weight is 339 g/mol. The van der Waals surface area contributed by atoms with Gasteiger partial charge in [-0.15, -0.1) is 0 Å². The lowest BCUT2D eigenvalue weighted by atomic mass is 10.3. The van der Waals surface area contributed by atoms with Crippen LogP contribution in [0, 0.1) is 5.41 Å². The van der Waals surface area contributed by atoms with E-state index >= 15 is 0 Å². The number of pyridine rings is 1. The summed E-state index contributed by atoms with van der Waals surface area (Å²) in [7, 11) is 0. The quantitative estimate of drug-likeness (QED) is 0.576. The van der Waals surface area contributed by atoms with E-state index in [2.05, 4.69) is 20.1 Å². The number of nitrogens with one attached hydrogen (secondary N) is 1. The summed E-state index contributed by atoms with van der Waals surface area (Å²) in [4.78, 5) is 15.0. The van der Waals surface area contributed by atoms with Crippen LogP contribution in [-0.4, -0.2) is 50.9 Å². The van der Waals surface area contributed by atoms with Crippen molar-refractivity contribution in [1.82, 2.24) is 14.6 Å². The summed E-state index contributed by atoms with van der Waals surface area (Å²) in [5, 5.41) is 21.5. The Morgan fingerprint density at radius 1 is 1.28 bits per heavy atom. The highest BCUT2D eigenvalue weighted by molar-refractivity contribution is 6.39. The number of aromatic nitrogens is 3. The number of nitrogen functional groups attached to an aromatic ring is 2. The van der Waals surface area contributed by atoms with Crippen molar-refractivity contribution in [1.29, 1.82) is 5.41 Å². The van der Waals surface area contributed by atoms with Crippen molar-refractivity contribution in [3.63, 3.8) is 0 Å². The molecule has 2 aliphatic rings. The number of hydrogen-bond acceptors (Lipinski definition) is 9. The molecule has 0 bridgehead atoms. The Balaban J connectivity index is 1.76. The lowest BCUT2D eigenvalue weighted by Crippen LogP contribution is -2.23. The van der Waals surface area contributed by atoms with Gasteiger partial charge in [0.05, 0.1) is 23.7 Å². The molecular formula is C15H17N9O. The fraction of sp³-hybridized carbons (Fsp3) is 0.267. The zero-order valence-electron chi connectivity index (χ0n) is 13.3. The minimum Gasteiger partial charge on any atom is -0.396 e. The summed E-state index contributed by atoms with van der Waals surface area (Å²) in [6.45, 7) is 1.14. The molecule has 2 aliphatic heterocycles. The van der Waals surface area contributed by atoms with E-state index in [0.29, 0.717) is 54.1 Å². The van der Waals surface area contributed by atoms with Crippen LogP contribution in [0.25, 0.3) is 0 Å². The molecule has 4 rings (SSSR count). The molecule has 0 aliphatic carbocycles. The lowest BCUT2D eigenvalue weighted by Gasteiger charge is -2.19. The zero-order valence-corrected chi connectivity index (χ0v) is 13.3. The van der Waals surface area contributed by atoms with Gasteiger partial charge in [-0.25, -0.2) is 19.6 Å². The first-order chi connectivity index (χ1) is 12.0. The van der Waals surface area contributed by atoms with Crippen LogP contribution < -0.4 is 21.9 Å². The predicted molar refractivity (Wildman–Crippen MR) is 94.1 cm³/mol. The Kier molecular flexibility index (Phi) is 3.46. The van der Waals surface area contributed by atoms with Crippen molar-refractivity contribution in [2.75, 3.05) is 29.5 Å². The van der Waals surface area contributed by atoms with Gasteiger partial charge in [0.25, 0.3) is 0 Å². The molecule has 0 saturated carbocycles. The number of β-amino-alcohol motifs (C(OH)–C–C–N with tert-alkyl or cyclic N) is 1. The predicted octanol–water partition coefficient (Wildman–Crippen LogP) is -0.539. The van der Waals surface area contributed by atoms with Gasteiger partial charge in [-0.3, -0.25) is 5.41 Å². The Hall–Kier alpha value is -3.27. The van der Waals surface area contributed by atoms with Crippen LogP contribution in [0.15, 0.2) is 28.4 Å². The van der Waals surface area contributed by atoms with Crippen molar-refractivity contribution in [3.8, 4) is 0 Å². The molecule has 0 aromatic carbocycles. The Morgan fingerprint density at radius 3 is 2.88 bits per heavy atom. The summed E-state index contributed by atoms with van der Waals surface area (Å²) >= 11 is 0. The van der Waals surface area contributed by atoms with Gasteiger partial charge in [-0.1, -0.05) is 0 Å². The fourth-order valence-electron chi connectivity index (χ4n) is 2.85. The lowest BCUT2D eigenvalue weighted by molar-refractivity contribution is 0.198. The Bertz CT molecular complexity index is 962. The van der Waals surface area contributed by atoms with Gasteiger partial charge in [0, 0.05) is 25.4 Å². The number of anilines is 3. The van der Waals surface area contributed by atoms with Gasteiger partial charge in [-0.05, 0) is 12.5 Å². The van der Waals surface area contributed by atoms with E-state index in [4.69, 9.17) is 16.9 Å². The van der Waals surface area contributed by atoms with Crippen LogP contribution in [0.1, 0.15) is 12.2 Å². The van der Waals surface area contributed by atoms with Crippen LogP contribution in [-0.2, 0) is 0 Å². The number of aliphatic hydroxyl groups excluding tert-OH is 1. The Morgan fingerprint density at radius 2 is 2.12 bits per heavy atom. The molecule has 25 heavy (non-hydrogen) atoms. The maximum atomic E-state index is 9.73. The molecule has 1 unspecified atom stereocenters. The number of rotatable bonds is 2. The molecule has 10 nitrogen and oxygen atoms in total. The van der Waals surface area contributed by atoms with Crippen molar-refractivity contribution in [2.24, 2.45) is 10.1 Å². The third-order valence-electron chi connectivity index (χ3n) is 4.08. The third kappa shape index (κ3) is 2.72. The van der Waals surface area contributed by atoms with E-state index < -0.39 is 6.10 Å². The van der Waals surface area contributed by atoms with Crippen LogP contribution in [0.3, 0.4) is 0 Å². The second kappa shape index (κ2) is 5.67. The van der Waals surface area contributed by atoms with E-state index in [1.54, 1.807) is 18.5 Å². The molecule has 2 aromatic rings. The fourth-order valence-corrected chi connectivity index (χ4v) is 2.85. The first-order valence-corrected chi connectivity index (χ1v) is 7.78. The van der Waals surface area contributed by atoms with Crippen LogP contribution >= 0.6 is 0 Å². The van der Waals surface area contributed by atoms with Crippen molar-refractivity contribution < 1.29 is 5.11 Å². The highest BCUT2D eigenvalue weighted by atomic mass is 16.3. The maximum Gasteiger partial charge on any atom is 0.183 e. The average Bonchev–Trinajstić information content (AvgIpc) is 3.16. The van der Waals surface area contributed by atoms with Crippen molar-refractivity contribution in [2.45, 2.75) is 12.5 Å². The molecule has 0 spiro atoms. The van der Waals surface area contributed by atoms with Gasteiger partial charge >= 0.3 is 0 Å². The normalized spacial score (nSPS) is 20.4. The van der Waals surface area contributed by atoms with Crippen LogP contribution in [0.5, 0.6) is 0 Å². The molecule has 0 radical (unpaired) electrons. The first kappa shape index (κ1) is 15.3. The van der Waals surface area contributed by atoms with Gasteiger partial charge in [0.2, 0.25) is 0 Å². The highest BCUT2D eigenvalue weighted by Gasteiger charge is 2.24. The Labute approximate surface area is 142 Å². The summed E-state index contributed by atoms with van der Waals surface area (Å²) < 4.78 is 1.53. The molecule has 1 fully saturated rings. The minimum absolute atomic E-state index is 0.120. The molecule has 1 saturated heterocycles. The maximum absolute atomic E-state index is 9.73. The van der Waals surface area contributed by atoms with Gasteiger partial charge < -0.3 is 21.5 Å². The van der Waals surface area contributed by atoms with Gasteiger partial charge in [-0.2, -0.15) is 5.10 Å². The standard InChI is InChI=1S/C15H17N9O/c16-9-5-10(17)14(23-3-1-8(25)7-23)22-13(9)20-11-6-19-24-4-2-12(18)21-15(11)24/h2,4-6,8,18,25H,1,3,7,16-17H2. The largest absolute Gasteiger partial charge is 0.396 e.